The van der Waals surface area contributed by atoms with E-state index in [1.165, 1.54) is 47.9 Å². The second-order valence-corrected chi connectivity index (χ2v) is 9.05. The van der Waals surface area contributed by atoms with Gasteiger partial charge in [-0.25, -0.2) is 0 Å². The summed E-state index contributed by atoms with van der Waals surface area (Å²) in [6.07, 6.45) is 5.04. The maximum absolute atomic E-state index is 4.97. The maximum atomic E-state index is 4.97. The van der Waals surface area contributed by atoms with Gasteiger partial charge < -0.3 is 0 Å². The van der Waals surface area contributed by atoms with Crippen LogP contribution < -0.4 is 0 Å². The predicted octanol–water partition coefficient (Wildman–Crippen LogP) is 6.55. The van der Waals surface area contributed by atoms with Crippen molar-refractivity contribution in [3.63, 3.8) is 0 Å². The van der Waals surface area contributed by atoms with Crippen molar-refractivity contribution in [1.82, 2.24) is 9.91 Å². The minimum absolute atomic E-state index is 0.292. The van der Waals surface area contributed by atoms with E-state index in [1.807, 2.05) is 0 Å². The average Bonchev–Trinajstić information content (AvgIpc) is 2.87. The molecular formula is C30H37N3. The van der Waals surface area contributed by atoms with Gasteiger partial charge >= 0.3 is 0 Å². The van der Waals surface area contributed by atoms with Crippen molar-refractivity contribution in [3.05, 3.63) is 107 Å². The summed E-state index contributed by atoms with van der Waals surface area (Å²) in [5.41, 5.74) is 6.47. The fourth-order valence-electron chi connectivity index (χ4n) is 4.72. The molecule has 0 spiro atoms. The Hall–Kier alpha value is -2.91. The Kier molecular flexibility index (Phi) is 8.32. The largest absolute Gasteiger partial charge is 0.294 e. The average molecular weight is 440 g/mol. The van der Waals surface area contributed by atoms with Crippen LogP contribution in [0.4, 0.5) is 0 Å². The first-order valence-electron chi connectivity index (χ1n) is 12.5. The van der Waals surface area contributed by atoms with Crippen LogP contribution in [-0.2, 0) is 6.42 Å². The number of hydrogen-bond donors (Lipinski definition) is 0. The van der Waals surface area contributed by atoms with E-state index in [0.717, 1.165) is 31.9 Å². The van der Waals surface area contributed by atoms with E-state index in [9.17, 15) is 0 Å². The highest BCUT2D eigenvalue weighted by molar-refractivity contribution is 5.98. The smallest absolute Gasteiger partial charge is 0.0646 e. The van der Waals surface area contributed by atoms with Crippen LogP contribution in [0.2, 0.25) is 0 Å². The van der Waals surface area contributed by atoms with Gasteiger partial charge in [0, 0.05) is 26.2 Å². The Balaban J connectivity index is 1.39. The number of piperazine rings is 1. The zero-order chi connectivity index (χ0) is 22.9. The molecule has 3 heteroatoms. The number of hydrazone groups is 1. The molecule has 0 aliphatic carbocycles. The Morgan fingerprint density at radius 1 is 0.758 bits per heavy atom. The van der Waals surface area contributed by atoms with Crippen LogP contribution in [0.5, 0.6) is 0 Å². The molecule has 1 saturated heterocycles. The lowest BCUT2D eigenvalue weighted by atomic mass is 9.96. The highest BCUT2D eigenvalue weighted by atomic mass is 15.5. The second-order valence-electron chi connectivity index (χ2n) is 9.05. The van der Waals surface area contributed by atoms with Crippen molar-refractivity contribution in [3.8, 4) is 0 Å². The van der Waals surface area contributed by atoms with Gasteiger partial charge in [-0.15, -0.1) is 0 Å². The van der Waals surface area contributed by atoms with E-state index in [4.69, 9.17) is 5.10 Å². The molecular weight excluding hydrogens is 402 g/mol. The summed E-state index contributed by atoms with van der Waals surface area (Å²) in [5.74, 6) is 0. The van der Waals surface area contributed by atoms with E-state index in [2.05, 4.69) is 109 Å². The molecule has 33 heavy (non-hydrogen) atoms. The van der Waals surface area contributed by atoms with Gasteiger partial charge in [-0.1, -0.05) is 105 Å². The quantitative estimate of drug-likeness (QED) is 0.278. The van der Waals surface area contributed by atoms with Crippen LogP contribution in [0, 0.1) is 0 Å². The van der Waals surface area contributed by atoms with E-state index >= 15 is 0 Å². The number of aryl methyl sites for hydroxylation is 1. The predicted molar refractivity (Wildman–Crippen MR) is 140 cm³/mol. The summed E-state index contributed by atoms with van der Waals surface area (Å²) < 4.78 is 0. The fourth-order valence-corrected chi connectivity index (χ4v) is 4.72. The number of benzene rings is 3. The summed E-state index contributed by atoms with van der Waals surface area (Å²) in [6.45, 7) is 8.29. The Labute approximate surface area is 199 Å². The van der Waals surface area contributed by atoms with E-state index in [-0.39, 0.29) is 0 Å². The topological polar surface area (TPSA) is 18.8 Å². The molecule has 1 aliphatic heterocycles. The molecule has 1 heterocycles. The van der Waals surface area contributed by atoms with Crippen molar-refractivity contribution in [1.29, 1.82) is 0 Å². The Bertz CT molecular complexity index is 948. The van der Waals surface area contributed by atoms with Crippen LogP contribution in [0.15, 0.2) is 90.0 Å². The number of nitrogens with zero attached hydrogens (tertiary/aromatic N) is 3. The molecule has 0 atom stereocenters. The molecule has 0 saturated carbocycles. The molecule has 0 bridgehead atoms. The molecule has 0 unspecified atom stereocenters. The second kappa shape index (κ2) is 11.8. The van der Waals surface area contributed by atoms with Crippen LogP contribution in [0.1, 0.15) is 61.4 Å². The van der Waals surface area contributed by atoms with Gasteiger partial charge in [0.2, 0.25) is 0 Å². The van der Waals surface area contributed by atoms with E-state index in [1.54, 1.807) is 0 Å². The Morgan fingerprint density at radius 3 is 1.88 bits per heavy atom. The van der Waals surface area contributed by atoms with E-state index in [0.29, 0.717) is 6.04 Å². The monoisotopic (exact) mass is 439 g/mol. The molecule has 4 rings (SSSR count). The normalized spacial score (nSPS) is 15.2. The lowest BCUT2D eigenvalue weighted by Crippen LogP contribution is -2.46. The molecule has 1 aliphatic rings. The third-order valence-corrected chi connectivity index (χ3v) is 6.62. The maximum Gasteiger partial charge on any atom is 0.0646 e. The zero-order valence-electron chi connectivity index (χ0n) is 20.2. The van der Waals surface area contributed by atoms with Crippen molar-refractivity contribution < 1.29 is 0 Å². The molecule has 0 amide bonds. The highest BCUT2D eigenvalue weighted by Gasteiger charge is 2.26. The van der Waals surface area contributed by atoms with Crippen molar-refractivity contribution in [2.24, 2.45) is 5.10 Å². The molecule has 3 aromatic rings. The molecule has 1 fully saturated rings. The third kappa shape index (κ3) is 6.33. The summed E-state index contributed by atoms with van der Waals surface area (Å²) in [4.78, 5) is 2.59. The Morgan fingerprint density at radius 2 is 1.33 bits per heavy atom. The molecule has 172 valence electrons. The first kappa shape index (κ1) is 23.3. The molecule has 0 aromatic heterocycles. The molecule has 0 radical (unpaired) electrons. The summed E-state index contributed by atoms with van der Waals surface area (Å²) in [7, 11) is 0. The van der Waals surface area contributed by atoms with Gasteiger partial charge in [-0.2, -0.15) is 5.10 Å². The van der Waals surface area contributed by atoms with Gasteiger partial charge in [0.25, 0.3) is 0 Å². The zero-order valence-corrected chi connectivity index (χ0v) is 20.2. The van der Waals surface area contributed by atoms with Gasteiger partial charge in [0.05, 0.1) is 11.8 Å². The number of rotatable bonds is 9. The third-order valence-electron chi connectivity index (χ3n) is 6.62. The minimum atomic E-state index is 0.292. The minimum Gasteiger partial charge on any atom is -0.294 e. The fraction of sp³-hybridized carbons (Fsp3) is 0.367. The number of unbranched alkanes of at least 4 members (excludes halogenated alkanes) is 2. The van der Waals surface area contributed by atoms with Crippen LogP contribution in [0.25, 0.3) is 0 Å². The summed E-state index contributed by atoms with van der Waals surface area (Å²) in [6, 6.07) is 31.1. The van der Waals surface area contributed by atoms with Crippen molar-refractivity contribution in [2.45, 2.75) is 45.6 Å². The van der Waals surface area contributed by atoms with Crippen molar-refractivity contribution in [2.75, 3.05) is 26.2 Å². The highest BCUT2D eigenvalue weighted by Crippen LogP contribution is 2.29. The van der Waals surface area contributed by atoms with Gasteiger partial charge in [0.1, 0.15) is 0 Å². The van der Waals surface area contributed by atoms with Gasteiger partial charge in [-0.05, 0) is 42.0 Å². The number of hydrogen-bond acceptors (Lipinski definition) is 3. The SMILES string of the molecule is CCCCCc1ccc(C(C)=NN2CCN(C(c3ccccc3)c3ccccc3)CC2)cc1. The first-order chi connectivity index (χ1) is 16.2. The lowest BCUT2D eigenvalue weighted by molar-refractivity contribution is 0.112. The molecule has 3 aromatic carbocycles. The van der Waals surface area contributed by atoms with Crippen LogP contribution in [0.3, 0.4) is 0 Å². The van der Waals surface area contributed by atoms with Crippen LogP contribution >= 0.6 is 0 Å². The van der Waals surface area contributed by atoms with Crippen molar-refractivity contribution >= 4 is 5.71 Å². The van der Waals surface area contributed by atoms with E-state index < -0.39 is 0 Å². The first-order valence-corrected chi connectivity index (χ1v) is 12.5. The standard InChI is InChI=1S/C30H37N3/c1-3-4-7-12-26-17-19-27(20-18-26)25(2)31-33-23-21-32(22-24-33)30(28-13-8-5-9-14-28)29-15-10-6-11-16-29/h5-6,8-11,13-20,30H,3-4,7,12,21-24H2,1-2H3. The summed E-state index contributed by atoms with van der Waals surface area (Å²) >= 11 is 0. The molecule has 3 nitrogen and oxygen atoms in total. The van der Waals surface area contributed by atoms with Gasteiger partial charge in [-0.3, -0.25) is 9.91 Å². The molecule has 0 N–H and O–H groups in total. The lowest BCUT2D eigenvalue weighted by Gasteiger charge is -2.39. The van der Waals surface area contributed by atoms with Gasteiger partial charge in [0.15, 0.2) is 0 Å². The summed E-state index contributed by atoms with van der Waals surface area (Å²) in [5, 5.41) is 7.22. The van der Waals surface area contributed by atoms with Crippen LogP contribution in [-0.4, -0.2) is 41.8 Å².